The van der Waals surface area contributed by atoms with E-state index in [-0.39, 0.29) is 59.5 Å². The number of hydrogen-bond donors (Lipinski definition) is 2. The Morgan fingerprint density at radius 2 is 1.48 bits per heavy atom. The summed E-state index contributed by atoms with van der Waals surface area (Å²) in [6, 6.07) is 12.4. The third-order valence-electron chi connectivity index (χ3n) is 3.20. The van der Waals surface area contributed by atoms with E-state index in [1.54, 1.807) is 0 Å². The van der Waals surface area contributed by atoms with Crippen molar-refractivity contribution in [1.82, 2.24) is 15.3 Å². The smallest absolute Gasteiger partial charge is 1.00 e. The summed E-state index contributed by atoms with van der Waals surface area (Å²) in [5.74, 6) is 0. The van der Waals surface area contributed by atoms with Gasteiger partial charge in [0.05, 0.1) is 5.69 Å². The minimum absolute atomic E-state index is 0. The number of nitrogens with one attached hydrogen (secondary N) is 1. The Hall–Kier alpha value is -0.197. The van der Waals surface area contributed by atoms with Gasteiger partial charge < -0.3 is 45.0 Å². The van der Waals surface area contributed by atoms with Crippen LogP contribution < -0.4 is 45.0 Å². The molecule has 0 saturated carbocycles. The molecule has 0 amide bonds. The normalized spacial score (nSPS) is 10.7. The van der Waals surface area contributed by atoms with Gasteiger partial charge in [-0.15, -0.1) is 0 Å². The van der Waals surface area contributed by atoms with E-state index in [2.05, 4.69) is 15.3 Å². The van der Waals surface area contributed by atoms with E-state index in [9.17, 15) is 0 Å². The second kappa shape index (κ2) is 13.1. The molecule has 2 rings (SSSR count). The van der Waals surface area contributed by atoms with E-state index in [1.807, 2.05) is 50.2 Å². The molecule has 0 saturated heterocycles. The fraction of sp³-hybridized carbons (Fsp3) is 0.375. The van der Waals surface area contributed by atoms with Crippen LogP contribution in [-0.4, -0.2) is 22.6 Å². The molecule has 1 unspecified atom stereocenters. The first-order valence-electron chi connectivity index (χ1n) is 6.96. The molecule has 2 aromatic heterocycles. The van der Waals surface area contributed by atoms with Gasteiger partial charge in [-0.05, 0) is 38.1 Å². The van der Waals surface area contributed by atoms with E-state index in [1.165, 1.54) is 0 Å². The van der Waals surface area contributed by atoms with Crippen molar-refractivity contribution < 1.29 is 53.4 Å². The van der Waals surface area contributed by atoms with Crippen molar-refractivity contribution in [1.29, 1.82) is 0 Å². The van der Waals surface area contributed by atoms with Gasteiger partial charge in [0, 0.05) is 42.6 Å². The van der Waals surface area contributed by atoms with Gasteiger partial charge in [0.25, 0.3) is 0 Å². The molecule has 2 heterocycles. The molecule has 23 heavy (non-hydrogen) atoms. The zero-order valence-corrected chi connectivity index (χ0v) is 18.0. The number of aryl methyl sites for hydroxylation is 2. The van der Waals surface area contributed by atoms with Crippen LogP contribution in [0.25, 0.3) is 0 Å². The molecule has 0 aliphatic carbocycles. The fourth-order valence-corrected chi connectivity index (χ4v) is 2.15. The minimum atomic E-state index is 0. The van der Waals surface area contributed by atoms with Crippen LogP contribution in [0, 0.1) is 13.8 Å². The first-order valence-corrected chi connectivity index (χ1v) is 6.96. The summed E-state index contributed by atoms with van der Waals surface area (Å²) in [6.07, 6.45) is 0.837. The van der Waals surface area contributed by atoms with Gasteiger partial charge in [-0.3, -0.25) is 9.97 Å². The Labute approximate surface area is 172 Å². The summed E-state index contributed by atoms with van der Waals surface area (Å²) in [6.45, 7) is 5.32. The maximum Gasteiger partial charge on any atom is 2.00 e. The Morgan fingerprint density at radius 1 is 0.957 bits per heavy atom. The molecule has 0 aliphatic rings. The van der Waals surface area contributed by atoms with Crippen molar-refractivity contribution in [2.45, 2.75) is 32.9 Å². The summed E-state index contributed by atoms with van der Waals surface area (Å²) in [7, 11) is 0. The van der Waals surface area contributed by atoms with Crippen LogP contribution in [0.3, 0.4) is 0 Å². The molecular weight excluding hydrogens is 511 g/mol. The van der Waals surface area contributed by atoms with Gasteiger partial charge >= 0.3 is 19.5 Å². The first-order chi connectivity index (χ1) is 9.67. The molecule has 4 nitrogen and oxygen atoms in total. The molecule has 1 atom stereocenters. The topological polar surface area (TPSA) is 63.8 Å². The zero-order valence-electron chi connectivity index (χ0n) is 13.2. The van der Waals surface area contributed by atoms with Crippen LogP contribution in [0.5, 0.6) is 0 Å². The van der Waals surface area contributed by atoms with Gasteiger partial charge in [0.1, 0.15) is 0 Å². The number of pyridine rings is 2. The minimum Gasteiger partial charge on any atom is -1.00 e. The average molecular weight is 533 g/mol. The van der Waals surface area contributed by atoms with Gasteiger partial charge in [-0.25, -0.2) is 0 Å². The predicted molar refractivity (Wildman–Crippen MR) is 81.3 cm³/mol. The van der Waals surface area contributed by atoms with Crippen LogP contribution in [0.4, 0.5) is 0 Å². The number of hydrogen-bond acceptors (Lipinski definition) is 4. The van der Waals surface area contributed by atoms with Gasteiger partial charge in [0.15, 0.2) is 0 Å². The largest absolute Gasteiger partial charge is 2.00 e. The maximum absolute atomic E-state index is 5.84. The van der Waals surface area contributed by atoms with Crippen molar-refractivity contribution in [3.05, 3.63) is 59.2 Å². The van der Waals surface area contributed by atoms with Crippen LogP contribution in [0.1, 0.15) is 22.8 Å². The number of nitrogens with zero attached hydrogens (tertiary/aromatic N) is 2. The molecule has 1 radical (unpaired) electrons. The predicted octanol–water partition coefficient (Wildman–Crippen LogP) is -4.24. The Kier molecular flexibility index (Phi) is 14.3. The Balaban J connectivity index is 0. The van der Waals surface area contributed by atoms with E-state index in [0.29, 0.717) is 6.54 Å². The third kappa shape index (κ3) is 9.01. The molecular formula is C16H22Br2N4Rh. The maximum atomic E-state index is 5.84. The Bertz CT molecular complexity index is 569. The molecule has 0 bridgehead atoms. The van der Waals surface area contributed by atoms with Crippen LogP contribution >= 0.6 is 0 Å². The second-order valence-electron chi connectivity index (χ2n) is 5.06. The van der Waals surface area contributed by atoms with Gasteiger partial charge in [-0.1, -0.05) is 12.1 Å². The van der Waals surface area contributed by atoms with Crippen molar-refractivity contribution in [2.75, 3.05) is 6.54 Å². The molecule has 3 N–H and O–H groups in total. The van der Waals surface area contributed by atoms with Gasteiger partial charge in [0.2, 0.25) is 0 Å². The van der Waals surface area contributed by atoms with E-state index in [0.717, 1.165) is 35.7 Å². The number of nitrogens with two attached hydrogens (primary N) is 1. The quantitative estimate of drug-likeness (QED) is 0.370. The van der Waals surface area contributed by atoms with E-state index < -0.39 is 0 Å². The summed E-state index contributed by atoms with van der Waals surface area (Å²) < 4.78 is 0. The van der Waals surface area contributed by atoms with E-state index in [4.69, 9.17) is 5.73 Å². The zero-order chi connectivity index (χ0) is 14.4. The second-order valence-corrected chi connectivity index (χ2v) is 5.06. The van der Waals surface area contributed by atoms with Crippen LogP contribution in [0.15, 0.2) is 36.4 Å². The molecule has 0 spiro atoms. The van der Waals surface area contributed by atoms with Gasteiger partial charge in [-0.2, -0.15) is 0 Å². The molecule has 0 aromatic carbocycles. The number of aromatic nitrogens is 2. The summed E-state index contributed by atoms with van der Waals surface area (Å²) >= 11 is 0. The third-order valence-corrected chi connectivity index (χ3v) is 3.20. The van der Waals surface area contributed by atoms with Crippen LogP contribution in [0.2, 0.25) is 0 Å². The summed E-state index contributed by atoms with van der Waals surface area (Å²) in [5, 5.41) is 3.45. The SMILES string of the molecule is Cc1cccc(CNC(CN)Cc2cccc(C)n2)n1.[Br-].[Br-].[Rh+2]. The standard InChI is InChI=1S/C16H22N4.2BrH.Rh/c1-12-5-3-7-14(19-12)9-16(10-17)18-11-15-8-4-6-13(2)20-15;;;/h3-8,16,18H,9-11,17H2,1-2H3;2*1H;/q;;;+2/p-2. The van der Waals surface area contributed by atoms with Crippen molar-refractivity contribution in [2.24, 2.45) is 5.73 Å². The molecule has 7 heteroatoms. The Morgan fingerprint density at radius 3 is 2.00 bits per heavy atom. The fourth-order valence-electron chi connectivity index (χ4n) is 2.15. The first kappa shape index (κ1) is 25.0. The van der Waals surface area contributed by atoms with Crippen molar-refractivity contribution in [3.8, 4) is 0 Å². The average Bonchev–Trinajstić information content (AvgIpc) is 2.43. The van der Waals surface area contributed by atoms with Crippen molar-refractivity contribution >= 4 is 0 Å². The summed E-state index contributed by atoms with van der Waals surface area (Å²) in [4.78, 5) is 9.00. The molecule has 2 aromatic rings. The molecule has 0 aliphatic heterocycles. The van der Waals surface area contributed by atoms with Crippen LogP contribution in [-0.2, 0) is 32.4 Å². The molecule has 0 fully saturated rings. The monoisotopic (exact) mass is 531 g/mol. The van der Waals surface area contributed by atoms with Crippen molar-refractivity contribution in [3.63, 3.8) is 0 Å². The van der Waals surface area contributed by atoms with E-state index >= 15 is 0 Å². The number of halogens is 2. The summed E-state index contributed by atoms with van der Waals surface area (Å²) in [5.41, 5.74) is 10.0. The molecule has 129 valence electrons. The number of rotatable bonds is 6.